The highest BCUT2D eigenvalue weighted by molar-refractivity contribution is 5.72. The van der Waals surface area contributed by atoms with Crippen LogP contribution >= 0.6 is 0 Å². The third-order valence-corrected chi connectivity index (χ3v) is 2.12. The monoisotopic (exact) mass is 192 g/mol. The van der Waals surface area contributed by atoms with E-state index in [1.54, 1.807) is 0 Å². The van der Waals surface area contributed by atoms with E-state index in [9.17, 15) is 4.79 Å². The first-order chi connectivity index (χ1) is 6.61. The summed E-state index contributed by atoms with van der Waals surface area (Å²) in [6.45, 7) is 4.10. The Kier molecular flexibility index (Phi) is 3.51. The lowest BCUT2D eigenvalue weighted by Gasteiger charge is -2.21. The van der Waals surface area contributed by atoms with E-state index >= 15 is 0 Å². The number of carbonyl (C=O) groups excluding carboxylic acids is 1. The number of hydrogen-bond acceptors (Lipinski definition) is 1. The highest BCUT2D eigenvalue weighted by atomic mass is 16.2. The largest absolute Gasteiger partial charge is 0.352 e. The average molecular weight is 192 g/mol. The van der Waals surface area contributed by atoms with Crippen LogP contribution in [0.4, 0.5) is 4.79 Å². The standard InChI is InChI=1S/C11H16N2O/c1-8(2)10(13-11(12)14)9-6-4-3-5-7-9/h3-8,10H,1-2H3,(H3,12,13,14). The van der Waals surface area contributed by atoms with E-state index in [-0.39, 0.29) is 6.04 Å². The van der Waals surface area contributed by atoms with Gasteiger partial charge in [-0.05, 0) is 11.5 Å². The summed E-state index contributed by atoms with van der Waals surface area (Å²) in [5.41, 5.74) is 6.20. The Morgan fingerprint density at radius 2 is 1.86 bits per heavy atom. The van der Waals surface area contributed by atoms with Gasteiger partial charge in [-0.1, -0.05) is 44.2 Å². The van der Waals surface area contributed by atoms with Gasteiger partial charge in [0.05, 0.1) is 6.04 Å². The van der Waals surface area contributed by atoms with Crippen molar-refractivity contribution in [1.82, 2.24) is 5.32 Å². The van der Waals surface area contributed by atoms with Crippen LogP contribution in [0.25, 0.3) is 0 Å². The predicted molar refractivity (Wildman–Crippen MR) is 56.7 cm³/mol. The van der Waals surface area contributed by atoms with Crippen molar-refractivity contribution in [3.63, 3.8) is 0 Å². The Labute approximate surface area is 84.3 Å². The SMILES string of the molecule is CC(C)C(NC(N)=O)c1ccccc1. The van der Waals surface area contributed by atoms with Crippen molar-refractivity contribution < 1.29 is 4.79 Å². The van der Waals surface area contributed by atoms with Gasteiger partial charge in [-0.15, -0.1) is 0 Å². The molecular formula is C11H16N2O. The zero-order chi connectivity index (χ0) is 10.6. The number of nitrogens with one attached hydrogen (secondary N) is 1. The summed E-state index contributed by atoms with van der Waals surface area (Å²) in [4.78, 5) is 10.8. The molecule has 1 atom stereocenters. The molecule has 3 heteroatoms. The molecule has 0 aliphatic rings. The molecule has 0 bridgehead atoms. The van der Waals surface area contributed by atoms with Crippen molar-refractivity contribution in [3.8, 4) is 0 Å². The van der Waals surface area contributed by atoms with E-state index in [2.05, 4.69) is 5.32 Å². The molecule has 0 saturated carbocycles. The van der Waals surface area contributed by atoms with Crippen molar-refractivity contribution >= 4 is 6.03 Å². The Bertz CT molecular complexity index is 295. The molecular weight excluding hydrogens is 176 g/mol. The maximum Gasteiger partial charge on any atom is 0.312 e. The van der Waals surface area contributed by atoms with Crippen LogP contribution in [0.1, 0.15) is 25.5 Å². The third kappa shape index (κ3) is 2.76. The highest BCUT2D eigenvalue weighted by Crippen LogP contribution is 2.20. The molecule has 0 aromatic heterocycles. The molecule has 14 heavy (non-hydrogen) atoms. The molecule has 3 N–H and O–H groups in total. The molecule has 2 amide bonds. The van der Waals surface area contributed by atoms with Gasteiger partial charge in [0.15, 0.2) is 0 Å². The second-order valence-electron chi connectivity index (χ2n) is 3.64. The second kappa shape index (κ2) is 4.65. The zero-order valence-electron chi connectivity index (χ0n) is 8.53. The first-order valence-corrected chi connectivity index (χ1v) is 4.72. The molecule has 0 heterocycles. The summed E-state index contributed by atoms with van der Waals surface area (Å²) < 4.78 is 0. The molecule has 0 aliphatic heterocycles. The van der Waals surface area contributed by atoms with Crippen molar-refractivity contribution in [2.24, 2.45) is 11.7 Å². The summed E-state index contributed by atoms with van der Waals surface area (Å²) in [6.07, 6.45) is 0. The van der Waals surface area contributed by atoms with E-state index in [0.29, 0.717) is 5.92 Å². The summed E-state index contributed by atoms with van der Waals surface area (Å²) in [6, 6.07) is 9.34. The Balaban J connectivity index is 2.83. The lowest BCUT2D eigenvalue weighted by molar-refractivity contribution is 0.241. The maximum absolute atomic E-state index is 10.8. The van der Waals surface area contributed by atoms with Gasteiger partial charge in [-0.3, -0.25) is 0 Å². The fourth-order valence-corrected chi connectivity index (χ4v) is 1.45. The summed E-state index contributed by atoms with van der Waals surface area (Å²) in [5, 5.41) is 2.73. The van der Waals surface area contributed by atoms with Crippen LogP contribution in [0.3, 0.4) is 0 Å². The van der Waals surface area contributed by atoms with E-state index in [1.807, 2.05) is 44.2 Å². The predicted octanol–water partition coefficient (Wildman–Crippen LogP) is 2.05. The number of benzene rings is 1. The Hall–Kier alpha value is -1.51. The normalized spacial score (nSPS) is 12.5. The number of primary amides is 1. The summed E-state index contributed by atoms with van der Waals surface area (Å²) in [7, 11) is 0. The van der Waals surface area contributed by atoms with Crippen molar-refractivity contribution in [2.45, 2.75) is 19.9 Å². The summed E-state index contributed by atoms with van der Waals surface area (Å²) >= 11 is 0. The smallest absolute Gasteiger partial charge is 0.312 e. The van der Waals surface area contributed by atoms with Crippen LogP contribution in [0.15, 0.2) is 30.3 Å². The van der Waals surface area contributed by atoms with Gasteiger partial charge >= 0.3 is 6.03 Å². The third-order valence-electron chi connectivity index (χ3n) is 2.12. The molecule has 1 aromatic rings. The van der Waals surface area contributed by atoms with Gasteiger partial charge in [-0.25, -0.2) is 4.79 Å². The number of carbonyl (C=O) groups is 1. The van der Waals surface area contributed by atoms with Gasteiger partial charge in [0.25, 0.3) is 0 Å². The van der Waals surface area contributed by atoms with E-state index in [4.69, 9.17) is 5.73 Å². The van der Waals surface area contributed by atoms with Crippen LogP contribution in [0.5, 0.6) is 0 Å². The average Bonchev–Trinajstić information content (AvgIpc) is 2.15. The minimum absolute atomic E-state index is 0.00583. The molecule has 0 saturated heterocycles. The van der Waals surface area contributed by atoms with Crippen LogP contribution in [-0.2, 0) is 0 Å². The fraction of sp³-hybridized carbons (Fsp3) is 0.364. The number of hydrogen-bond donors (Lipinski definition) is 2. The van der Waals surface area contributed by atoms with Crippen LogP contribution in [0, 0.1) is 5.92 Å². The quantitative estimate of drug-likeness (QED) is 0.756. The number of amides is 2. The van der Waals surface area contributed by atoms with Gasteiger partial charge < -0.3 is 11.1 Å². The highest BCUT2D eigenvalue weighted by Gasteiger charge is 2.16. The van der Waals surface area contributed by atoms with Crippen molar-refractivity contribution in [3.05, 3.63) is 35.9 Å². The molecule has 3 nitrogen and oxygen atoms in total. The molecule has 0 aliphatic carbocycles. The molecule has 0 spiro atoms. The van der Waals surface area contributed by atoms with Gasteiger partial charge in [0.1, 0.15) is 0 Å². The maximum atomic E-state index is 10.8. The van der Waals surface area contributed by atoms with E-state index in [0.717, 1.165) is 5.56 Å². The topological polar surface area (TPSA) is 55.1 Å². The van der Waals surface area contributed by atoms with E-state index in [1.165, 1.54) is 0 Å². The van der Waals surface area contributed by atoms with Gasteiger partial charge in [0.2, 0.25) is 0 Å². The van der Waals surface area contributed by atoms with Crippen molar-refractivity contribution in [1.29, 1.82) is 0 Å². The van der Waals surface area contributed by atoms with Crippen molar-refractivity contribution in [2.75, 3.05) is 0 Å². The molecule has 1 rings (SSSR count). The number of nitrogens with two attached hydrogens (primary N) is 1. The molecule has 1 aromatic carbocycles. The lowest BCUT2D eigenvalue weighted by atomic mass is 9.96. The zero-order valence-corrected chi connectivity index (χ0v) is 8.53. The Morgan fingerprint density at radius 3 is 2.29 bits per heavy atom. The number of rotatable bonds is 3. The number of urea groups is 1. The van der Waals surface area contributed by atoms with Gasteiger partial charge in [0, 0.05) is 0 Å². The Morgan fingerprint density at radius 1 is 1.29 bits per heavy atom. The first-order valence-electron chi connectivity index (χ1n) is 4.72. The van der Waals surface area contributed by atoms with Gasteiger partial charge in [-0.2, -0.15) is 0 Å². The molecule has 76 valence electrons. The molecule has 1 unspecified atom stereocenters. The minimum atomic E-state index is -0.479. The van der Waals surface area contributed by atoms with Crippen LogP contribution < -0.4 is 11.1 Å². The summed E-state index contributed by atoms with van der Waals surface area (Å²) in [5.74, 6) is 0.324. The second-order valence-corrected chi connectivity index (χ2v) is 3.64. The molecule has 0 fully saturated rings. The minimum Gasteiger partial charge on any atom is -0.352 e. The fourth-order valence-electron chi connectivity index (χ4n) is 1.45. The lowest BCUT2D eigenvalue weighted by Crippen LogP contribution is -2.35. The van der Waals surface area contributed by atoms with Crippen LogP contribution in [0.2, 0.25) is 0 Å². The molecule has 0 radical (unpaired) electrons. The van der Waals surface area contributed by atoms with Crippen LogP contribution in [-0.4, -0.2) is 6.03 Å². The van der Waals surface area contributed by atoms with E-state index < -0.39 is 6.03 Å². The first kappa shape index (κ1) is 10.6.